The Morgan fingerprint density at radius 1 is 1.05 bits per heavy atom. The summed E-state index contributed by atoms with van der Waals surface area (Å²) in [5.41, 5.74) is 0.988. The van der Waals surface area contributed by atoms with Crippen LogP contribution in [0.2, 0.25) is 15.1 Å². The van der Waals surface area contributed by atoms with Crippen molar-refractivity contribution in [2.45, 2.75) is 70.5 Å². The zero-order chi connectivity index (χ0) is 27.9. The molecule has 0 saturated heterocycles. The minimum Gasteiger partial charge on any atom is -0.352 e. The number of sulfonamides is 1. The number of carbonyl (C=O) groups is 2. The Morgan fingerprint density at radius 3 is 2.37 bits per heavy atom. The maximum absolute atomic E-state index is 13.6. The Labute approximate surface area is 240 Å². The van der Waals surface area contributed by atoms with E-state index >= 15 is 0 Å². The molecule has 0 aliphatic heterocycles. The van der Waals surface area contributed by atoms with Crippen molar-refractivity contribution in [3.63, 3.8) is 0 Å². The zero-order valence-corrected chi connectivity index (χ0v) is 24.7. The van der Waals surface area contributed by atoms with E-state index in [1.165, 1.54) is 12.1 Å². The van der Waals surface area contributed by atoms with E-state index in [-0.39, 0.29) is 54.5 Å². The number of nitrogens with one attached hydrogen (secondary N) is 1. The van der Waals surface area contributed by atoms with E-state index < -0.39 is 16.1 Å². The van der Waals surface area contributed by atoms with Crippen molar-refractivity contribution in [2.24, 2.45) is 0 Å². The fourth-order valence-electron chi connectivity index (χ4n) is 4.76. The van der Waals surface area contributed by atoms with Gasteiger partial charge < -0.3 is 10.2 Å². The fourth-order valence-corrected chi connectivity index (χ4v) is 6.36. The molecule has 2 aromatic rings. The van der Waals surface area contributed by atoms with E-state index in [1.54, 1.807) is 17.0 Å². The smallest absolute Gasteiger partial charge is 0.243 e. The van der Waals surface area contributed by atoms with Gasteiger partial charge in [-0.25, -0.2) is 8.42 Å². The molecule has 1 saturated carbocycles. The van der Waals surface area contributed by atoms with Gasteiger partial charge in [-0.3, -0.25) is 13.9 Å². The van der Waals surface area contributed by atoms with Crippen molar-refractivity contribution in [3.05, 3.63) is 63.1 Å². The summed E-state index contributed by atoms with van der Waals surface area (Å²) in [5.74, 6) is -0.438. The van der Waals surface area contributed by atoms with E-state index in [4.69, 9.17) is 34.8 Å². The number of amides is 2. The van der Waals surface area contributed by atoms with E-state index in [0.29, 0.717) is 16.5 Å². The highest BCUT2D eigenvalue weighted by Gasteiger charge is 2.31. The summed E-state index contributed by atoms with van der Waals surface area (Å²) >= 11 is 18.7. The van der Waals surface area contributed by atoms with E-state index in [0.717, 1.165) is 41.8 Å². The SMILES string of the molecule is CC[C@@H](C(=O)NC1CCCC1)N(Cc1ccccc1Cl)C(=O)CCCN(c1cc(Cl)ccc1Cl)S(C)(=O)=O. The van der Waals surface area contributed by atoms with Gasteiger partial charge >= 0.3 is 0 Å². The van der Waals surface area contributed by atoms with E-state index in [2.05, 4.69) is 5.32 Å². The standard InChI is InChI=1S/C27H34Cl3N3O4S/c1-3-24(27(35)31-21-10-5-6-11-21)32(18-19-9-4-7-12-22(19)29)26(34)13-8-16-33(38(2,36)37)25-17-20(28)14-15-23(25)30/h4,7,9,12,14-15,17,21,24H,3,5-6,8,10-11,13,16,18H2,1-2H3,(H,31,35)/t24-/m0/s1. The van der Waals surface area contributed by atoms with Crippen LogP contribution in [0, 0.1) is 0 Å². The normalized spacial score (nSPS) is 14.8. The number of carbonyl (C=O) groups excluding carboxylic acids is 2. The third kappa shape index (κ3) is 8.25. The average Bonchev–Trinajstić information content (AvgIpc) is 3.36. The number of nitrogens with zero attached hydrogens (tertiary/aromatic N) is 2. The lowest BCUT2D eigenvalue weighted by molar-refractivity contribution is -0.141. The molecule has 1 aliphatic carbocycles. The summed E-state index contributed by atoms with van der Waals surface area (Å²) in [4.78, 5) is 28.4. The fraction of sp³-hybridized carbons (Fsp3) is 0.481. The molecular formula is C27H34Cl3N3O4S. The summed E-state index contributed by atoms with van der Waals surface area (Å²) in [6, 6.07) is 11.3. The molecule has 0 unspecified atom stereocenters. The van der Waals surface area contributed by atoms with Crippen LogP contribution in [0.3, 0.4) is 0 Å². The van der Waals surface area contributed by atoms with E-state index in [9.17, 15) is 18.0 Å². The Morgan fingerprint density at radius 2 is 1.74 bits per heavy atom. The Kier molecular flexibility index (Phi) is 11.2. The summed E-state index contributed by atoms with van der Waals surface area (Å²) in [5, 5.41) is 4.21. The van der Waals surface area contributed by atoms with Gasteiger partial charge in [0.05, 0.1) is 17.0 Å². The number of hydrogen-bond acceptors (Lipinski definition) is 4. The highest BCUT2D eigenvalue weighted by molar-refractivity contribution is 7.92. The molecular weight excluding hydrogens is 569 g/mol. The van der Waals surface area contributed by atoms with Gasteiger partial charge in [0.2, 0.25) is 21.8 Å². The molecule has 1 N–H and O–H groups in total. The van der Waals surface area contributed by atoms with Crippen molar-refractivity contribution in [1.82, 2.24) is 10.2 Å². The molecule has 208 valence electrons. The molecule has 0 spiro atoms. The van der Waals surface area contributed by atoms with Gasteiger partial charge in [0.1, 0.15) is 6.04 Å². The molecule has 0 heterocycles. The number of hydrogen-bond donors (Lipinski definition) is 1. The average molecular weight is 603 g/mol. The van der Waals surface area contributed by atoms with Gasteiger partial charge in [0.25, 0.3) is 0 Å². The number of rotatable bonds is 12. The lowest BCUT2D eigenvalue weighted by Crippen LogP contribution is -2.51. The second-order valence-electron chi connectivity index (χ2n) is 9.56. The Hall–Kier alpha value is -2.00. The monoisotopic (exact) mass is 601 g/mol. The highest BCUT2D eigenvalue weighted by atomic mass is 35.5. The van der Waals surface area contributed by atoms with Gasteiger partial charge in [-0.2, -0.15) is 0 Å². The van der Waals surface area contributed by atoms with Crippen LogP contribution in [0.1, 0.15) is 57.4 Å². The topological polar surface area (TPSA) is 86.8 Å². The second kappa shape index (κ2) is 13.9. The van der Waals surface area contributed by atoms with Gasteiger partial charge in [-0.1, -0.05) is 72.8 Å². The van der Waals surface area contributed by atoms with Crippen molar-refractivity contribution in [3.8, 4) is 0 Å². The van der Waals surface area contributed by atoms with Gasteiger partial charge in [0, 0.05) is 35.6 Å². The molecule has 2 amide bonds. The minimum atomic E-state index is -3.69. The van der Waals surface area contributed by atoms with Crippen molar-refractivity contribution in [1.29, 1.82) is 0 Å². The largest absolute Gasteiger partial charge is 0.352 e. The number of benzene rings is 2. The molecule has 3 rings (SSSR count). The lowest BCUT2D eigenvalue weighted by atomic mass is 10.1. The molecule has 11 heteroatoms. The van der Waals surface area contributed by atoms with Gasteiger partial charge in [-0.15, -0.1) is 0 Å². The first-order valence-electron chi connectivity index (χ1n) is 12.8. The molecule has 1 atom stereocenters. The molecule has 1 fully saturated rings. The van der Waals surface area contributed by atoms with Crippen LogP contribution < -0.4 is 9.62 Å². The maximum atomic E-state index is 13.6. The summed E-state index contributed by atoms with van der Waals surface area (Å²) in [7, 11) is -3.69. The molecule has 0 aromatic heterocycles. The van der Waals surface area contributed by atoms with Crippen LogP contribution in [-0.2, 0) is 26.2 Å². The van der Waals surface area contributed by atoms with Crippen LogP contribution in [0.4, 0.5) is 5.69 Å². The first-order chi connectivity index (χ1) is 18.0. The molecule has 1 aliphatic rings. The van der Waals surface area contributed by atoms with Crippen LogP contribution in [0.25, 0.3) is 0 Å². The van der Waals surface area contributed by atoms with E-state index in [1.807, 2.05) is 25.1 Å². The van der Waals surface area contributed by atoms with Crippen molar-refractivity contribution in [2.75, 3.05) is 17.1 Å². The Balaban J connectivity index is 1.79. The maximum Gasteiger partial charge on any atom is 0.243 e. The number of anilines is 1. The summed E-state index contributed by atoms with van der Waals surface area (Å²) in [6.45, 7) is 2.07. The first-order valence-corrected chi connectivity index (χ1v) is 15.8. The van der Waals surface area contributed by atoms with Crippen molar-refractivity contribution < 1.29 is 18.0 Å². The van der Waals surface area contributed by atoms with Gasteiger partial charge in [-0.05, 0) is 55.5 Å². The summed E-state index contributed by atoms with van der Waals surface area (Å²) < 4.78 is 26.3. The molecule has 2 aromatic carbocycles. The first kappa shape index (κ1) is 30.5. The van der Waals surface area contributed by atoms with Crippen LogP contribution >= 0.6 is 34.8 Å². The quantitative estimate of drug-likeness (QED) is 0.320. The molecule has 0 radical (unpaired) electrons. The van der Waals surface area contributed by atoms with Crippen LogP contribution in [-0.4, -0.2) is 50.0 Å². The van der Waals surface area contributed by atoms with Gasteiger partial charge in [0.15, 0.2) is 0 Å². The number of halogens is 3. The third-order valence-electron chi connectivity index (χ3n) is 6.72. The second-order valence-corrected chi connectivity index (χ2v) is 12.7. The summed E-state index contributed by atoms with van der Waals surface area (Å²) in [6.07, 6.45) is 5.80. The van der Waals surface area contributed by atoms with Crippen LogP contribution in [0.5, 0.6) is 0 Å². The third-order valence-corrected chi connectivity index (χ3v) is 8.82. The van der Waals surface area contributed by atoms with Crippen LogP contribution in [0.15, 0.2) is 42.5 Å². The lowest BCUT2D eigenvalue weighted by Gasteiger charge is -2.32. The minimum absolute atomic E-state index is 0.0234. The molecule has 7 nitrogen and oxygen atoms in total. The molecule has 38 heavy (non-hydrogen) atoms. The Bertz CT molecular complexity index is 1240. The predicted octanol–water partition coefficient (Wildman–Crippen LogP) is 6.06. The molecule has 0 bridgehead atoms. The van der Waals surface area contributed by atoms with Crippen molar-refractivity contribution >= 4 is 62.3 Å². The zero-order valence-electron chi connectivity index (χ0n) is 21.6. The predicted molar refractivity (Wildman–Crippen MR) is 154 cm³/mol. The highest BCUT2D eigenvalue weighted by Crippen LogP contribution is 2.31.